The van der Waals surface area contributed by atoms with Crippen molar-refractivity contribution in [3.05, 3.63) is 47.0 Å². The van der Waals surface area contributed by atoms with Crippen LogP contribution in [0.1, 0.15) is 12.5 Å². The number of carbonyl (C=O) groups excluding carboxylic acids is 1. The molecule has 0 saturated carbocycles. The lowest BCUT2D eigenvalue weighted by Crippen LogP contribution is -2.08. The van der Waals surface area contributed by atoms with Gasteiger partial charge in [-0.1, -0.05) is 30.3 Å². The number of rotatable bonds is 4. The molecule has 0 saturated heterocycles. The maximum absolute atomic E-state index is 11.3. The quantitative estimate of drug-likeness (QED) is 0.581. The van der Waals surface area contributed by atoms with Gasteiger partial charge in [-0.3, -0.25) is 0 Å². The molecule has 1 rings (SSSR count). The first-order valence-electron chi connectivity index (χ1n) is 4.73. The van der Waals surface area contributed by atoms with Gasteiger partial charge in [0.1, 0.15) is 0 Å². The Hall–Kier alpha value is -1.28. The highest BCUT2D eigenvalue weighted by Gasteiger charge is 2.07. The van der Waals surface area contributed by atoms with Crippen LogP contribution in [0.5, 0.6) is 0 Å². The Kier molecular flexibility index (Phi) is 4.37. The van der Waals surface area contributed by atoms with E-state index in [4.69, 9.17) is 16.3 Å². The maximum Gasteiger partial charge on any atom is 0.333 e. The minimum absolute atomic E-state index is 0.340. The summed E-state index contributed by atoms with van der Waals surface area (Å²) in [5.41, 5.74) is 1.46. The largest absolute Gasteiger partial charge is 0.463 e. The fourth-order valence-electron chi connectivity index (χ4n) is 1.15. The standard InChI is InChI=1S/C12H13ClO2/c1-3-15-12(14)9(2)8-10-4-6-11(13)7-5-10/h4-7H,2-3,8H2,1H3. The predicted octanol–water partition coefficient (Wildman–Crippen LogP) is 3.00. The molecule has 0 aliphatic rings. The van der Waals surface area contributed by atoms with Gasteiger partial charge in [0.2, 0.25) is 0 Å². The molecule has 80 valence electrons. The van der Waals surface area contributed by atoms with Crippen LogP contribution in [0, 0.1) is 0 Å². The maximum atomic E-state index is 11.3. The Morgan fingerprint density at radius 2 is 2.00 bits per heavy atom. The average Bonchev–Trinajstić information content (AvgIpc) is 2.22. The molecule has 0 heterocycles. The van der Waals surface area contributed by atoms with Gasteiger partial charge in [-0.2, -0.15) is 0 Å². The molecule has 2 nitrogen and oxygen atoms in total. The highest BCUT2D eigenvalue weighted by molar-refractivity contribution is 6.30. The van der Waals surface area contributed by atoms with Gasteiger partial charge in [0, 0.05) is 17.0 Å². The smallest absolute Gasteiger partial charge is 0.333 e. The van der Waals surface area contributed by atoms with Crippen LogP contribution in [-0.2, 0) is 16.0 Å². The number of benzene rings is 1. The van der Waals surface area contributed by atoms with Crippen LogP contribution in [0.15, 0.2) is 36.4 Å². The second-order valence-electron chi connectivity index (χ2n) is 3.13. The Morgan fingerprint density at radius 3 is 2.53 bits per heavy atom. The van der Waals surface area contributed by atoms with Crippen molar-refractivity contribution in [1.29, 1.82) is 0 Å². The van der Waals surface area contributed by atoms with Crippen LogP contribution in [0.25, 0.3) is 0 Å². The molecule has 0 radical (unpaired) electrons. The minimum atomic E-state index is -0.340. The number of hydrogen-bond acceptors (Lipinski definition) is 2. The number of halogens is 1. The van der Waals surface area contributed by atoms with Crippen LogP contribution in [0.3, 0.4) is 0 Å². The van der Waals surface area contributed by atoms with Crippen LogP contribution in [-0.4, -0.2) is 12.6 Å². The topological polar surface area (TPSA) is 26.3 Å². The number of ether oxygens (including phenoxy) is 1. The summed E-state index contributed by atoms with van der Waals surface area (Å²) in [6.07, 6.45) is 0.496. The average molecular weight is 225 g/mol. The first kappa shape index (κ1) is 11.8. The second kappa shape index (κ2) is 5.56. The molecule has 0 fully saturated rings. The lowest BCUT2D eigenvalue weighted by molar-refractivity contribution is -0.138. The SMILES string of the molecule is C=C(Cc1ccc(Cl)cc1)C(=O)OCC. The van der Waals surface area contributed by atoms with E-state index in [0.29, 0.717) is 23.6 Å². The van der Waals surface area contributed by atoms with E-state index in [-0.39, 0.29) is 5.97 Å². The molecular formula is C12H13ClO2. The molecule has 0 atom stereocenters. The molecule has 3 heteroatoms. The van der Waals surface area contributed by atoms with E-state index in [2.05, 4.69) is 6.58 Å². The van der Waals surface area contributed by atoms with Gasteiger partial charge in [-0.25, -0.2) is 4.79 Å². The van der Waals surface area contributed by atoms with E-state index < -0.39 is 0 Å². The zero-order valence-electron chi connectivity index (χ0n) is 8.63. The van der Waals surface area contributed by atoms with Gasteiger partial charge in [0.05, 0.1) is 6.61 Å². The van der Waals surface area contributed by atoms with E-state index >= 15 is 0 Å². The molecule has 1 aromatic rings. The van der Waals surface area contributed by atoms with Gasteiger partial charge in [-0.15, -0.1) is 0 Å². The summed E-state index contributed by atoms with van der Waals surface area (Å²) in [6, 6.07) is 7.31. The van der Waals surface area contributed by atoms with Gasteiger partial charge in [0.25, 0.3) is 0 Å². The summed E-state index contributed by atoms with van der Waals surface area (Å²) < 4.78 is 4.84. The highest BCUT2D eigenvalue weighted by atomic mass is 35.5. The van der Waals surface area contributed by atoms with Gasteiger partial charge >= 0.3 is 5.97 Å². The molecule has 0 aromatic heterocycles. The lowest BCUT2D eigenvalue weighted by atomic mass is 10.1. The van der Waals surface area contributed by atoms with Gasteiger partial charge < -0.3 is 4.74 Å². The van der Waals surface area contributed by atoms with E-state index in [0.717, 1.165) is 5.56 Å². The summed E-state index contributed by atoms with van der Waals surface area (Å²) in [7, 11) is 0. The molecule has 0 aliphatic heterocycles. The Morgan fingerprint density at radius 1 is 1.40 bits per heavy atom. The number of carbonyl (C=O) groups is 1. The normalized spacial score (nSPS) is 9.73. The fourth-order valence-corrected chi connectivity index (χ4v) is 1.28. The van der Waals surface area contributed by atoms with Crippen molar-refractivity contribution in [3.8, 4) is 0 Å². The van der Waals surface area contributed by atoms with E-state index in [1.807, 2.05) is 12.1 Å². The molecule has 0 N–H and O–H groups in total. The van der Waals surface area contributed by atoms with Crippen molar-refractivity contribution in [2.75, 3.05) is 6.61 Å². The first-order chi connectivity index (χ1) is 7.13. The van der Waals surface area contributed by atoms with Crippen molar-refractivity contribution in [1.82, 2.24) is 0 Å². The lowest BCUT2D eigenvalue weighted by Gasteiger charge is -2.05. The molecule has 1 aromatic carbocycles. The third kappa shape index (κ3) is 3.76. The minimum Gasteiger partial charge on any atom is -0.463 e. The van der Waals surface area contributed by atoms with Crippen molar-refractivity contribution in [2.45, 2.75) is 13.3 Å². The van der Waals surface area contributed by atoms with E-state index in [1.54, 1.807) is 19.1 Å². The summed E-state index contributed by atoms with van der Waals surface area (Å²) in [6.45, 7) is 5.83. The zero-order valence-corrected chi connectivity index (χ0v) is 9.38. The Labute approximate surface area is 94.5 Å². The molecule has 0 aliphatic carbocycles. The monoisotopic (exact) mass is 224 g/mol. The third-order valence-electron chi connectivity index (χ3n) is 1.89. The number of esters is 1. The predicted molar refractivity (Wildman–Crippen MR) is 60.9 cm³/mol. The Balaban J connectivity index is 2.58. The second-order valence-corrected chi connectivity index (χ2v) is 3.56. The number of hydrogen-bond donors (Lipinski definition) is 0. The zero-order chi connectivity index (χ0) is 11.3. The van der Waals surface area contributed by atoms with Gasteiger partial charge in [0.15, 0.2) is 0 Å². The molecule has 0 spiro atoms. The van der Waals surface area contributed by atoms with Crippen LogP contribution in [0.4, 0.5) is 0 Å². The third-order valence-corrected chi connectivity index (χ3v) is 2.15. The fraction of sp³-hybridized carbons (Fsp3) is 0.250. The van der Waals surface area contributed by atoms with Crippen LogP contribution >= 0.6 is 11.6 Å². The first-order valence-corrected chi connectivity index (χ1v) is 5.10. The highest BCUT2D eigenvalue weighted by Crippen LogP contribution is 2.12. The molecule has 0 unspecified atom stereocenters. The summed E-state index contributed by atoms with van der Waals surface area (Å²) >= 11 is 5.75. The van der Waals surface area contributed by atoms with Crippen molar-refractivity contribution < 1.29 is 9.53 Å². The van der Waals surface area contributed by atoms with E-state index in [9.17, 15) is 4.79 Å². The van der Waals surface area contributed by atoms with Crippen molar-refractivity contribution in [3.63, 3.8) is 0 Å². The van der Waals surface area contributed by atoms with Crippen LogP contribution in [0.2, 0.25) is 5.02 Å². The summed E-state index contributed by atoms with van der Waals surface area (Å²) in [5, 5.41) is 0.681. The summed E-state index contributed by atoms with van der Waals surface area (Å²) in [5.74, 6) is -0.340. The van der Waals surface area contributed by atoms with Crippen LogP contribution < -0.4 is 0 Å². The summed E-state index contributed by atoms with van der Waals surface area (Å²) in [4.78, 5) is 11.3. The molecule has 0 bridgehead atoms. The molecule has 0 amide bonds. The van der Waals surface area contributed by atoms with E-state index in [1.165, 1.54) is 0 Å². The molecular weight excluding hydrogens is 212 g/mol. The van der Waals surface area contributed by atoms with Gasteiger partial charge in [-0.05, 0) is 24.6 Å². The molecule has 15 heavy (non-hydrogen) atoms. The van der Waals surface area contributed by atoms with Crippen molar-refractivity contribution in [2.24, 2.45) is 0 Å². The Bertz CT molecular complexity index is 354. The van der Waals surface area contributed by atoms with Crippen molar-refractivity contribution >= 4 is 17.6 Å².